The normalized spacial score (nSPS) is 30.1. The summed E-state index contributed by atoms with van der Waals surface area (Å²) in [4.78, 5) is 0. The molecule has 1 aromatic rings. The van der Waals surface area contributed by atoms with E-state index < -0.39 is 0 Å². The van der Waals surface area contributed by atoms with E-state index in [2.05, 4.69) is 16.5 Å². The Labute approximate surface area is 89.5 Å². The highest BCUT2D eigenvalue weighted by Crippen LogP contribution is 2.38. The largest absolute Gasteiger partial charge is 0.356 e. The van der Waals surface area contributed by atoms with Gasteiger partial charge in [-0.25, -0.2) is 0 Å². The summed E-state index contributed by atoms with van der Waals surface area (Å²) in [5, 5.41) is 7.44. The molecule has 3 rings (SSSR count). The first-order valence-corrected chi connectivity index (χ1v) is 5.69. The van der Waals surface area contributed by atoms with Crippen LogP contribution in [0.5, 0.6) is 0 Å². The Kier molecular flexibility index (Phi) is 2.13. The molecule has 3 heteroatoms. The molecule has 0 unspecified atom stereocenters. The maximum absolute atomic E-state index is 5.37. The summed E-state index contributed by atoms with van der Waals surface area (Å²) in [7, 11) is 0. The maximum Gasteiger partial charge on any atom is 0.163 e. The summed E-state index contributed by atoms with van der Waals surface area (Å²) >= 11 is 0. The fourth-order valence-electron chi connectivity index (χ4n) is 2.79. The Morgan fingerprint density at radius 2 is 2.40 bits per heavy atom. The van der Waals surface area contributed by atoms with Crippen LogP contribution in [0.3, 0.4) is 0 Å². The molecule has 1 aliphatic heterocycles. The number of aromatic nitrogens is 1. The van der Waals surface area contributed by atoms with Crippen molar-refractivity contribution in [1.29, 1.82) is 0 Å². The SMILES string of the molecule is Cc1cc(C2=CCC[C@@H]3CNC[C@H]23)on1. The van der Waals surface area contributed by atoms with Crippen molar-refractivity contribution in [3.8, 4) is 0 Å². The predicted molar refractivity (Wildman–Crippen MR) is 58.3 cm³/mol. The molecule has 1 aliphatic carbocycles. The Morgan fingerprint density at radius 3 is 3.20 bits per heavy atom. The first-order chi connectivity index (χ1) is 7.34. The van der Waals surface area contributed by atoms with Gasteiger partial charge >= 0.3 is 0 Å². The van der Waals surface area contributed by atoms with Gasteiger partial charge in [-0.3, -0.25) is 0 Å². The number of allylic oxidation sites excluding steroid dienone is 1. The fourth-order valence-corrected chi connectivity index (χ4v) is 2.79. The van der Waals surface area contributed by atoms with E-state index in [-0.39, 0.29) is 0 Å². The minimum absolute atomic E-state index is 0.645. The minimum Gasteiger partial charge on any atom is -0.356 e. The van der Waals surface area contributed by atoms with Crippen LogP contribution < -0.4 is 5.32 Å². The van der Waals surface area contributed by atoms with E-state index in [1.807, 2.05) is 13.0 Å². The Morgan fingerprint density at radius 1 is 1.47 bits per heavy atom. The summed E-state index contributed by atoms with van der Waals surface area (Å²) in [6.45, 7) is 4.23. The predicted octanol–water partition coefficient (Wildman–Crippen LogP) is 2.00. The highest BCUT2D eigenvalue weighted by Gasteiger charge is 2.33. The second-order valence-electron chi connectivity index (χ2n) is 4.59. The van der Waals surface area contributed by atoms with Crippen molar-refractivity contribution in [2.24, 2.45) is 11.8 Å². The monoisotopic (exact) mass is 204 g/mol. The molecule has 15 heavy (non-hydrogen) atoms. The van der Waals surface area contributed by atoms with Crippen molar-refractivity contribution in [2.75, 3.05) is 13.1 Å². The van der Waals surface area contributed by atoms with Gasteiger partial charge in [-0.2, -0.15) is 0 Å². The van der Waals surface area contributed by atoms with Crippen LogP contribution in [0.25, 0.3) is 5.57 Å². The van der Waals surface area contributed by atoms with Crippen molar-refractivity contribution < 1.29 is 4.52 Å². The van der Waals surface area contributed by atoms with Crippen LogP contribution in [0.4, 0.5) is 0 Å². The number of rotatable bonds is 1. The number of nitrogens with one attached hydrogen (secondary N) is 1. The van der Waals surface area contributed by atoms with E-state index in [0.29, 0.717) is 5.92 Å². The Hall–Kier alpha value is -1.09. The second kappa shape index (κ2) is 3.49. The molecule has 2 aliphatic rings. The zero-order chi connectivity index (χ0) is 10.3. The zero-order valence-corrected chi connectivity index (χ0v) is 8.99. The highest BCUT2D eigenvalue weighted by atomic mass is 16.5. The van der Waals surface area contributed by atoms with E-state index in [9.17, 15) is 0 Å². The van der Waals surface area contributed by atoms with Crippen LogP contribution in [-0.2, 0) is 0 Å². The van der Waals surface area contributed by atoms with Crippen LogP contribution in [0.15, 0.2) is 16.7 Å². The van der Waals surface area contributed by atoms with E-state index in [0.717, 1.165) is 30.5 Å². The molecule has 0 spiro atoms. The first-order valence-electron chi connectivity index (χ1n) is 5.69. The van der Waals surface area contributed by atoms with Crippen LogP contribution in [0.1, 0.15) is 24.3 Å². The Balaban J connectivity index is 1.94. The van der Waals surface area contributed by atoms with Gasteiger partial charge in [-0.05, 0) is 37.8 Å². The fraction of sp³-hybridized carbons (Fsp3) is 0.583. The lowest BCUT2D eigenvalue weighted by Crippen LogP contribution is -2.17. The average molecular weight is 204 g/mol. The number of aryl methyl sites for hydroxylation is 1. The van der Waals surface area contributed by atoms with Crippen LogP contribution in [0.2, 0.25) is 0 Å². The van der Waals surface area contributed by atoms with Crippen molar-refractivity contribution in [1.82, 2.24) is 10.5 Å². The van der Waals surface area contributed by atoms with Crippen molar-refractivity contribution in [3.05, 3.63) is 23.6 Å². The lowest BCUT2D eigenvalue weighted by molar-refractivity contribution is 0.387. The second-order valence-corrected chi connectivity index (χ2v) is 4.59. The molecule has 0 amide bonds. The third-order valence-corrected chi connectivity index (χ3v) is 3.55. The van der Waals surface area contributed by atoms with Crippen LogP contribution in [0, 0.1) is 18.8 Å². The molecule has 2 atom stereocenters. The summed E-state index contributed by atoms with van der Waals surface area (Å²) in [5.41, 5.74) is 2.34. The lowest BCUT2D eigenvalue weighted by Gasteiger charge is -2.24. The summed E-state index contributed by atoms with van der Waals surface area (Å²) in [5.74, 6) is 2.42. The number of hydrogen-bond donors (Lipinski definition) is 1. The van der Waals surface area contributed by atoms with E-state index in [1.165, 1.54) is 18.4 Å². The van der Waals surface area contributed by atoms with Crippen molar-refractivity contribution in [3.63, 3.8) is 0 Å². The van der Waals surface area contributed by atoms with E-state index in [1.54, 1.807) is 0 Å². The molecular formula is C12H16N2O. The number of fused-ring (bicyclic) bond motifs is 1. The third kappa shape index (κ3) is 1.51. The van der Waals surface area contributed by atoms with Gasteiger partial charge in [-0.15, -0.1) is 0 Å². The summed E-state index contributed by atoms with van der Waals surface area (Å²) < 4.78 is 5.37. The molecule has 0 radical (unpaired) electrons. The minimum atomic E-state index is 0.645. The number of nitrogens with zero attached hydrogens (tertiary/aromatic N) is 1. The van der Waals surface area contributed by atoms with Gasteiger partial charge in [-0.1, -0.05) is 11.2 Å². The summed E-state index contributed by atoms with van der Waals surface area (Å²) in [6.07, 6.45) is 4.82. The smallest absolute Gasteiger partial charge is 0.163 e. The molecule has 2 heterocycles. The quantitative estimate of drug-likeness (QED) is 0.760. The van der Waals surface area contributed by atoms with Gasteiger partial charge < -0.3 is 9.84 Å². The van der Waals surface area contributed by atoms with E-state index in [4.69, 9.17) is 4.52 Å². The standard InChI is InChI=1S/C12H16N2O/c1-8-5-12(15-14-8)10-4-2-3-9-6-13-7-11(9)10/h4-5,9,11,13H,2-3,6-7H2,1H3/t9-,11+/m1/s1. The number of hydrogen-bond acceptors (Lipinski definition) is 3. The molecule has 0 bridgehead atoms. The van der Waals surface area contributed by atoms with Crippen molar-refractivity contribution in [2.45, 2.75) is 19.8 Å². The van der Waals surface area contributed by atoms with Gasteiger partial charge in [0.25, 0.3) is 0 Å². The molecule has 80 valence electrons. The summed E-state index contributed by atoms with van der Waals surface area (Å²) in [6, 6.07) is 2.05. The molecular weight excluding hydrogens is 188 g/mol. The first kappa shape index (κ1) is 9.16. The Bertz CT molecular complexity index is 394. The zero-order valence-electron chi connectivity index (χ0n) is 8.99. The molecule has 1 N–H and O–H groups in total. The maximum atomic E-state index is 5.37. The highest BCUT2D eigenvalue weighted by molar-refractivity contribution is 5.65. The lowest BCUT2D eigenvalue weighted by atomic mass is 9.80. The molecule has 0 saturated carbocycles. The topological polar surface area (TPSA) is 38.1 Å². The molecule has 0 aromatic carbocycles. The van der Waals surface area contributed by atoms with Gasteiger partial charge in [0.1, 0.15) is 0 Å². The van der Waals surface area contributed by atoms with Gasteiger partial charge in [0.05, 0.1) is 5.69 Å². The molecule has 3 nitrogen and oxygen atoms in total. The third-order valence-electron chi connectivity index (χ3n) is 3.55. The van der Waals surface area contributed by atoms with E-state index >= 15 is 0 Å². The molecule has 1 saturated heterocycles. The van der Waals surface area contributed by atoms with Gasteiger partial charge in [0.15, 0.2) is 5.76 Å². The molecule has 1 aromatic heterocycles. The van der Waals surface area contributed by atoms with Crippen molar-refractivity contribution >= 4 is 5.57 Å². The van der Waals surface area contributed by atoms with Gasteiger partial charge in [0, 0.05) is 18.5 Å². The molecule has 1 fully saturated rings. The average Bonchev–Trinajstić information content (AvgIpc) is 2.84. The van der Waals surface area contributed by atoms with Crippen LogP contribution >= 0.6 is 0 Å². The van der Waals surface area contributed by atoms with Crippen LogP contribution in [-0.4, -0.2) is 18.2 Å². The van der Waals surface area contributed by atoms with Gasteiger partial charge in [0.2, 0.25) is 0 Å².